The van der Waals surface area contributed by atoms with Crippen LogP contribution in [0, 0.1) is 13.8 Å². The van der Waals surface area contributed by atoms with Crippen LogP contribution in [0.25, 0.3) is 0 Å². The smallest absolute Gasteiger partial charge is 0.193 e. The van der Waals surface area contributed by atoms with Gasteiger partial charge in [-0.25, -0.2) is 0 Å². The van der Waals surface area contributed by atoms with Gasteiger partial charge in [-0.2, -0.15) is 0 Å². The Kier molecular flexibility index (Phi) is 3.39. The molecular formula is C15H14ClNO. The van der Waals surface area contributed by atoms with Gasteiger partial charge in [0.05, 0.1) is 0 Å². The van der Waals surface area contributed by atoms with E-state index in [1.54, 1.807) is 30.3 Å². The second-order valence-corrected chi connectivity index (χ2v) is 4.80. The summed E-state index contributed by atoms with van der Waals surface area (Å²) in [6.07, 6.45) is 0. The maximum atomic E-state index is 12.4. The minimum Gasteiger partial charge on any atom is -0.399 e. The molecule has 3 heteroatoms. The Labute approximate surface area is 111 Å². The van der Waals surface area contributed by atoms with Crippen molar-refractivity contribution in [2.24, 2.45) is 0 Å². The number of anilines is 1. The molecule has 2 nitrogen and oxygen atoms in total. The van der Waals surface area contributed by atoms with Crippen molar-refractivity contribution in [3.05, 3.63) is 63.7 Å². The van der Waals surface area contributed by atoms with E-state index in [1.165, 1.54) is 0 Å². The number of aryl methyl sites for hydroxylation is 2. The monoisotopic (exact) mass is 259 g/mol. The fourth-order valence-corrected chi connectivity index (χ4v) is 2.08. The van der Waals surface area contributed by atoms with Crippen molar-refractivity contribution >= 4 is 23.1 Å². The molecule has 0 aliphatic heterocycles. The molecule has 0 aromatic heterocycles. The van der Waals surface area contributed by atoms with E-state index in [2.05, 4.69) is 0 Å². The van der Waals surface area contributed by atoms with E-state index < -0.39 is 0 Å². The first-order chi connectivity index (χ1) is 8.49. The molecule has 2 aromatic carbocycles. The quantitative estimate of drug-likeness (QED) is 0.659. The number of nitrogens with two attached hydrogens (primary N) is 1. The molecule has 0 aliphatic carbocycles. The third kappa shape index (κ3) is 2.39. The van der Waals surface area contributed by atoms with Crippen LogP contribution >= 0.6 is 11.6 Å². The molecule has 0 amide bonds. The topological polar surface area (TPSA) is 43.1 Å². The fourth-order valence-electron chi connectivity index (χ4n) is 1.85. The number of nitrogen functional groups attached to an aromatic ring is 1. The molecule has 0 fully saturated rings. The van der Waals surface area contributed by atoms with E-state index in [9.17, 15) is 4.79 Å². The number of hydrogen-bond acceptors (Lipinski definition) is 2. The number of carbonyl (C=O) groups excluding carboxylic acids is 1. The number of ketones is 1. The zero-order valence-electron chi connectivity index (χ0n) is 10.3. The third-order valence-electron chi connectivity index (χ3n) is 2.97. The molecule has 0 heterocycles. The maximum Gasteiger partial charge on any atom is 0.193 e. The Morgan fingerprint density at radius 2 is 1.78 bits per heavy atom. The standard InChI is InChI=1S/C15H14ClNO/c1-9-8-12(16)4-5-13(9)15(18)11-3-6-14(17)10(2)7-11/h3-8H,17H2,1-2H3. The van der Waals surface area contributed by atoms with Crippen LogP contribution in [-0.4, -0.2) is 5.78 Å². The van der Waals surface area contributed by atoms with E-state index in [4.69, 9.17) is 17.3 Å². The number of benzene rings is 2. The lowest BCUT2D eigenvalue weighted by Crippen LogP contribution is -2.04. The van der Waals surface area contributed by atoms with Crippen molar-refractivity contribution in [2.45, 2.75) is 13.8 Å². The minimum absolute atomic E-state index is 0.00716. The van der Waals surface area contributed by atoms with Gasteiger partial charge in [0.15, 0.2) is 5.78 Å². The minimum atomic E-state index is -0.00716. The number of rotatable bonds is 2. The number of hydrogen-bond donors (Lipinski definition) is 1. The van der Waals surface area contributed by atoms with Gasteiger partial charge in [-0.15, -0.1) is 0 Å². The van der Waals surface area contributed by atoms with Crippen molar-refractivity contribution in [2.75, 3.05) is 5.73 Å². The van der Waals surface area contributed by atoms with E-state index in [0.717, 1.165) is 11.1 Å². The zero-order valence-corrected chi connectivity index (χ0v) is 11.1. The highest BCUT2D eigenvalue weighted by Gasteiger charge is 2.12. The average molecular weight is 260 g/mol. The van der Waals surface area contributed by atoms with Crippen LogP contribution < -0.4 is 5.73 Å². The van der Waals surface area contributed by atoms with E-state index in [0.29, 0.717) is 21.8 Å². The van der Waals surface area contributed by atoms with Gasteiger partial charge in [0.1, 0.15) is 0 Å². The summed E-state index contributed by atoms with van der Waals surface area (Å²) in [4.78, 5) is 12.4. The van der Waals surface area contributed by atoms with Gasteiger partial charge in [-0.3, -0.25) is 4.79 Å². The molecule has 0 radical (unpaired) electrons. The summed E-state index contributed by atoms with van der Waals surface area (Å²) in [6.45, 7) is 3.77. The van der Waals surface area contributed by atoms with Crippen LogP contribution in [0.15, 0.2) is 36.4 Å². The number of carbonyl (C=O) groups is 1. The fraction of sp³-hybridized carbons (Fsp3) is 0.133. The normalized spacial score (nSPS) is 10.4. The molecule has 0 saturated carbocycles. The van der Waals surface area contributed by atoms with Crippen LogP contribution in [0.5, 0.6) is 0 Å². The largest absolute Gasteiger partial charge is 0.399 e. The highest BCUT2D eigenvalue weighted by Crippen LogP contribution is 2.20. The highest BCUT2D eigenvalue weighted by molar-refractivity contribution is 6.30. The molecule has 2 aromatic rings. The van der Waals surface area contributed by atoms with E-state index in [-0.39, 0.29) is 5.78 Å². The summed E-state index contributed by atoms with van der Waals surface area (Å²) in [6, 6.07) is 10.6. The van der Waals surface area contributed by atoms with Gasteiger partial charge in [0.25, 0.3) is 0 Å². The van der Waals surface area contributed by atoms with Gasteiger partial charge < -0.3 is 5.73 Å². The van der Waals surface area contributed by atoms with Gasteiger partial charge in [-0.05, 0) is 61.4 Å². The van der Waals surface area contributed by atoms with Crippen LogP contribution in [-0.2, 0) is 0 Å². The summed E-state index contributed by atoms with van der Waals surface area (Å²) in [7, 11) is 0. The lowest BCUT2D eigenvalue weighted by molar-refractivity contribution is 0.103. The van der Waals surface area contributed by atoms with Crippen molar-refractivity contribution in [3.63, 3.8) is 0 Å². The molecule has 0 aliphatic rings. The Morgan fingerprint density at radius 1 is 1.06 bits per heavy atom. The molecule has 2 N–H and O–H groups in total. The molecule has 0 unspecified atom stereocenters. The van der Waals surface area contributed by atoms with Gasteiger partial charge in [0, 0.05) is 21.8 Å². The SMILES string of the molecule is Cc1cc(C(=O)c2ccc(Cl)cc2C)ccc1N. The van der Waals surface area contributed by atoms with Crippen LogP contribution in [0.2, 0.25) is 5.02 Å². The van der Waals surface area contributed by atoms with Crippen molar-refractivity contribution in [1.29, 1.82) is 0 Å². The molecule has 0 bridgehead atoms. The lowest BCUT2D eigenvalue weighted by atomic mass is 9.97. The molecule has 2 rings (SSSR count). The Hall–Kier alpha value is -1.80. The predicted octanol–water partition coefficient (Wildman–Crippen LogP) is 3.77. The Balaban J connectivity index is 2.44. The van der Waals surface area contributed by atoms with E-state index in [1.807, 2.05) is 19.9 Å². The molecule has 0 spiro atoms. The van der Waals surface area contributed by atoms with Crippen LogP contribution in [0.4, 0.5) is 5.69 Å². The first-order valence-electron chi connectivity index (χ1n) is 5.66. The summed E-state index contributed by atoms with van der Waals surface area (Å²) in [5.74, 6) is -0.00716. The molecule has 0 saturated heterocycles. The van der Waals surface area contributed by atoms with Crippen molar-refractivity contribution < 1.29 is 4.79 Å². The predicted molar refractivity (Wildman–Crippen MR) is 75.2 cm³/mol. The summed E-state index contributed by atoms with van der Waals surface area (Å²) in [5, 5.41) is 0.637. The van der Waals surface area contributed by atoms with Crippen molar-refractivity contribution in [1.82, 2.24) is 0 Å². The highest BCUT2D eigenvalue weighted by atomic mass is 35.5. The first-order valence-corrected chi connectivity index (χ1v) is 6.04. The van der Waals surface area contributed by atoms with Gasteiger partial charge in [0.2, 0.25) is 0 Å². The lowest BCUT2D eigenvalue weighted by Gasteiger charge is -2.07. The van der Waals surface area contributed by atoms with Crippen molar-refractivity contribution in [3.8, 4) is 0 Å². The Morgan fingerprint density at radius 3 is 2.39 bits per heavy atom. The molecule has 0 atom stereocenters. The van der Waals surface area contributed by atoms with Crippen LogP contribution in [0.1, 0.15) is 27.0 Å². The van der Waals surface area contributed by atoms with Gasteiger partial charge in [-0.1, -0.05) is 11.6 Å². The number of halogens is 1. The summed E-state index contributed by atoms with van der Waals surface area (Å²) < 4.78 is 0. The molecule has 18 heavy (non-hydrogen) atoms. The first kappa shape index (κ1) is 12.7. The van der Waals surface area contributed by atoms with Crippen LogP contribution in [0.3, 0.4) is 0 Å². The zero-order chi connectivity index (χ0) is 13.3. The summed E-state index contributed by atoms with van der Waals surface area (Å²) in [5.41, 5.74) is 9.54. The maximum absolute atomic E-state index is 12.4. The second-order valence-electron chi connectivity index (χ2n) is 4.36. The Bertz CT molecular complexity index is 620. The van der Waals surface area contributed by atoms with E-state index >= 15 is 0 Å². The average Bonchev–Trinajstić information content (AvgIpc) is 2.32. The third-order valence-corrected chi connectivity index (χ3v) is 3.20. The summed E-state index contributed by atoms with van der Waals surface area (Å²) >= 11 is 5.89. The van der Waals surface area contributed by atoms with Gasteiger partial charge >= 0.3 is 0 Å². The second kappa shape index (κ2) is 4.83. The molecular weight excluding hydrogens is 246 g/mol. The molecule has 92 valence electrons.